The number of nitrogens with zero attached hydrogens (tertiary/aromatic N) is 1. The normalized spacial score (nSPS) is 22.5. The van der Waals surface area contributed by atoms with Crippen LogP contribution in [-0.4, -0.2) is 35.0 Å². The van der Waals surface area contributed by atoms with Gasteiger partial charge < -0.3 is 14.7 Å². The van der Waals surface area contributed by atoms with E-state index < -0.39 is 12.6 Å². The lowest BCUT2D eigenvalue weighted by Gasteiger charge is -2.38. The molecule has 0 radical (unpaired) electrons. The molecule has 2 unspecified atom stereocenters. The average molecular weight is 428 g/mol. The average Bonchev–Trinajstić information content (AvgIpc) is 3.52. The topological polar surface area (TPSA) is 66.8 Å². The predicted molar refractivity (Wildman–Crippen MR) is 115 cm³/mol. The summed E-state index contributed by atoms with van der Waals surface area (Å²) in [5.74, 6) is 0.522. The van der Waals surface area contributed by atoms with E-state index in [9.17, 15) is 9.59 Å². The number of rotatable bonds is 6. The zero-order valence-electron chi connectivity index (χ0n) is 17.2. The van der Waals surface area contributed by atoms with Crippen LogP contribution in [0.3, 0.4) is 0 Å². The summed E-state index contributed by atoms with van der Waals surface area (Å²) in [6.07, 6.45) is 1.72. The van der Waals surface area contributed by atoms with E-state index >= 15 is 0 Å². The molecule has 0 aromatic heterocycles. The van der Waals surface area contributed by atoms with Crippen molar-refractivity contribution in [1.29, 1.82) is 0 Å². The summed E-state index contributed by atoms with van der Waals surface area (Å²) in [6, 6.07) is 12.9. The van der Waals surface area contributed by atoms with Gasteiger partial charge in [0.05, 0.1) is 6.04 Å². The number of halogens is 1. The second-order valence-electron chi connectivity index (χ2n) is 8.50. The molecule has 0 spiro atoms. The van der Waals surface area contributed by atoms with Crippen LogP contribution in [0.15, 0.2) is 42.5 Å². The lowest BCUT2D eigenvalue weighted by Crippen LogP contribution is -2.42. The molecule has 1 heterocycles. The van der Waals surface area contributed by atoms with Crippen LogP contribution < -0.4 is 4.74 Å². The Morgan fingerprint density at radius 3 is 2.67 bits per heavy atom. The van der Waals surface area contributed by atoms with E-state index in [0.29, 0.717) is 29.2 Å². The highest BCUT2D eigenvalue weighted by Crippen LogP contribution is 2.48. The van der Waals surface area contributed by atoms with Crippen LogP contribution in [0.4, 0.5) is 0 Å². The van der Waals surface area contributed by atoms with Crippen molar-refractivity contribution in [3.05, 3.63) is 64.2 Å². The number of carboxylic acids is 1. The SMILES string of the molecule is CC(C)C1CC1C(=O)N1CCc2ccccc2[C@H]1c1cc(Cl)ccc1OCC(=O)O. The third kappa shape index (κ3) is 4.04. The molecule has 3 atom stereocenters. The van der Waals surface area contributed by atoms with Crippen molar-refractivity contribution in [1.82, 2.24) is 4.90 Å². The van der Waals surface area contributed by atoms with Gasteiger partial charge in [0.15, 0.2) is 6.61 Å². The van der Waals surface area contributed by atoms with Crippen LogP contribution in [-0.2, 0) is 16.0 Å². The number of benzene rings is 2. The van der Waals surface area contributed by atoms with Gasteiger partial charge in [-0.1, -0.05) is 49.7 Å². The Balaban J connectivity index is 1.76. The molecule has 1 amide bonds. The minimum Gasteiger partial charge on any atom is -0.482 e. The molecule has 158 valence electrons. The second kappa shape index (κ2) is 8.31. The first-order valence-corrected chi connectivity index (χ1v) is 10.8. The summed E-state index contributed by atoms with van der Waals surface area (Å²) in [5, 5.41) is 9.60. The quantitative estimate of drug-likeness (QED) is 0.733. The van der Waals surface area contributed by atoms with Crippen molar-refractivity contribution in [2.75, 3.05) is 13.2 Å². The molecule has 1 N–H and O–H groups in total. The summed E-state index contributed by atoms with van der Waals surface area (Å²) in [5.41, 5.74) is 2.96. The maximum atomic E-state index is 13.5. The van der Waals surface area contributed by atoms with Crippen LogP contribution >= 0.6 is 11.6 Å². The lowest BCUT2D eigenvalue weighted by molar-refractivity contribution is -0.139. The van der Waals surface area contributed by atoms with Crippen molar-refractivity contribution >= 4 is 23.5 Å². The van der Waals surface area contributed by atoms with Crippen molar-refractivity contribution in [2.45, 2.75) is 32.7 Å². The molecule has 1 saturated carbocycles. The van der Waals surface area contributed by atoms with Crippen molar-refractivity contribution in [3.8, 4) is 5.75 Å². The molecule has 2 aromatic rings. The van der Waals surface area contributed by atoms with Gasteiger partial charge in [0.25, 0.3) is 0 Å². The van der Waals surface area contributed by atoms with Crippen LogP contribution in [0.5, 0.6) is 5.75 Å². The third-order valence-corrected chi connectivity index (χ3v) is 6.43. The molecule has 1 fully saturated rings. The maximum Gasteiger partial charge on any atom is 0.341 e. The Morgan fingerprint density at radius 1 is 1.20 bits per heavy atom. The first kappa shape index (κ1) is 20.7. The Kier molecular flexibility index (Phi) is 5.74. The van der Waals surface area contributed by atoms with E-state index in [2.05, 4.69) is 19.9 Å². The Hall–Kier alpha value is -2.53. The second-order valence-corrected chi connectivity index (χ2v) is 8.93. The molecule has 2 aliphatic rings. The molecular weight excluding hydrogens is 402 g/mol. The fourth-order valence-corrected chi connectivity index (χ4v) is 4.77. The van der Waals surface area contributed by atoms with E-state index in [1.165, 1.54) is 5.56 Å². The van der Waals surface area contributed by atoms with Crippen molar-refractivity contribution < 1.29 is 19.4 Å². The molecule has 30 heavy (non-hydrogen) atoms. The molecule has 0 bridgehead atoms. The van der Waals surface area contributed by atoms with Gasteiger partial charge in [0.1, 0.15) is 5.75 Å². The number of amides is 1. The molecule has 1 aliphatic carbocycles. The van der Waals surface area contributed by atoms with Gasteiger partial charge in [-0.3, -0.25) is 4.79 Å². The fourth-order valence-electron chi connectivity index (χ4n) is 4.59. The standard InChI is InChI=1S/C24H26ClNO4/c1-14(2)18-12-19(18)24(29)26-10-9-15-5-3-4-6-17(15)23(26)20-11-16(25)7-8-21(20)30-13-22(27)28/h3-8,11,14,18-19,23H,9-10,12-13H2,1-2H3,(H,27,28)/t18?,19?,23-/m0/s1. The summed E-state index contributed by atoms with van der Waals surface area (Å²) in [6.45, 7) is 4.49. The molecule has 1 aliphatic heterocycles. The van der Waals surface area contributed by atoms with Gasteiger partial charge in [0, 0.05) is 23.0 Å². The number of carboxylic acid groups (broad SMARTS) is 1. The summed E-state index contributed by atoms with van der Waals surface area (Å²) in [7, 11) is 0. The number of hydrogen-bond acceptors (Lipinski definition) is 3. The molecule has 5 nitrogen and oxygen atoms in total. The number of fused-ring (bicyclic) bond motifs is 1. The van der Waals surface area contributed by atoms with Gasteiger partial charge in [-0.25, -0.2) is 4.79 Å². The zero-order valence-corrected chi connectivity index (χ0v) is 17.9. The largest absolute Gasteiger partial charge is 0.482 e. The first-order chi connectivity index (χ1) is 14.4. The van der Waals surface area contributed by atoms with Crippen LogP contribution in [0, 0.1) is 17.8 Å². The summed E-state index contributed by atoms with van der Waals surface area (Å²) >= 11 is 6.32. The minimum absolute atomic E-state index is 0.0559. The van der Waals surface area contributed by atoms with E-state index in [-0.39, 0.29) is 17.9 Å². The number of aliphatic carboxylic acids is 1. The molecule has 2 aromatic carbocycles. The maximum absolute atomic E-state index is 13.5. The van der Waals surface area contributed by atoms with Gasteiger partial charge >= 0.3 is 5.97 Å². The molecule has 0 saturated heterocycles. The smallest absolute Gasteiger partial charge is 0.341 e. The Bertz CT molecular complexity index is 973. The number of carbonyl (C=O) groups excluding carboxylic acids is 1. The fraction of sp³-hybridized carbons (Fsp3) is 0.417. The third-order valence-electron chi connectivity index (χ3n) is 6.20. The highest BCUT2D eigenvalue weighted by atomic mass is 35.5. The highest BCUT2D eigenvalue weighted by molar-refractivity contribution is 6.30. The Labute approximate surface area is 181 Å². The Morgan fingerprint density at radius 2 is 1.97 bits per heavy atom. The molecule has 6 heteroatoms. The zero-order chi connectivity index (χ0) is 21.4. The minimum atomic E-state index is -1.05. The first-order valence-electron chi connectivity index (χ1n) is 10.4. The monoisotopic (exact) mass is 427 g/mol. The lowest BCUT2D eigenvalue weighted by atomic mass is 9.87. The molecular formula is C24H26ClNO4. The van der Waals surface area contributed by atoms with E-state index in [0.717, 1.165) is 24.0 Å². The van der Waals surface area contributed by atoms with Crippen LogP contribution in [0.1, 0.15) is 43.0 Å². The van der Waals surface area contributed by atoms with Gasteiger partial charge in [0.2, 0.25) is 5.91 Å². The number of ether oxygens (including phenoxy) is 1. The van der Waals surface area contributed by atoms with E-state index in [4.69, 9.17) is 21.4 Å². The van der Waals surface area contributed by atoms with E-state index in [1.807, 2.05) is 23.1 Å². The van der Waals surface area contributed by atoms with E-state index in [1.54, 1.807) is 18.2 Å². The van der Waals surface area contributed by atoms with Gasteiger partial charge in [-0.15, -0.1) is 0 Å². The van der Waals surface area contributed by atoms with Crippen molar-refractivity contribution in [2.24, 2.45) is 17.8 Å². The summed E-state index contributed by atoms with van der Waals surface area (Å²) < 4.78 is 5.59. The van der Waals surface area contributed by atoms with Crippen molar-refractivity contribution in [3.63, 3.8) is 0 Å². The summed E-state index contributed by atoms with van der Waals surface area (Å²) in [4.78, 5) is 26.5. The molecule has 4 rings (SSSR count). The number of hydrogen-bond donors (Lipinski definition) is 1. The highest BCUT2D eigenvalue weighted by Gasteiger charge is 2.48. The predicted octanol–water partition coefficient (Wildman–Crippen LogP) is 4.57. The van der Waals surface area contributed by atoms with Crippen LogP contribution in [0.2, 0.25) is 5.02 Å². The van der Waals surface area contributed by atoms with Gasteiger partial charge in [-0.05, 0) is 54.0 Å². The van der Waals surface area contributed by atoms with Crippen LogP contribution in [0.25, 0.3) is 0 Å². The number of carbonyl (C=O) groups is 2. The van der Waals surface area contributed by atoms with Gasteiger partial charge in [-0.2, -0.15) is 0 Å².